The second-order valence-corrected chi connectivity index (χ2v) is 5.82. The molecule has 2 aromatic carbocycles. The standard InChI is InChI=1S/C20H15F3N2O3/c1-28-18-12-14(5-9-17(18)27)16(26)8-4-13-2-6-15(7-3-13)25-11-10-19(24-25)20(21,22)23/h2-12,27H,1H3. The Labute approximate surface area is 158 Å². The lowest BCUT2D eigenvalue weighted by atomic mass is 10.1. The highest BCUT2D eigenvalue weighted by Gasteiger charge is 2.33. The van der Waals surface area contributed by atoms with Crippen molar-refractivity contribution in [2.45, 2.75) is 6.18 Å². The Hall–Kier alpha value is -3.55. The maximum atomic E-state index is 12.6. The van der Waals surface area contributed by atoms with E-state index in [-0.39, 0.29) is 17.3 Å². The number of aromatic nitrogens is 2. The lowest BCUT2D eigenvalue weighted by molar-refractivity contribution is -0.141. The number of phenols is 1. The van der Waals surface area contributed by atoms with Crippen LogP contribution in [0.3, 0.4) is 0 Å². The largest absolute Gasteiger partial charge is 0.504 e. The number of rotatable bonds is 5. The number of nitrogens with zero attached hydrogens (tertiary/aromatic N) is 2. The number of benzene rings is 2. The van der Waals surface area contributed by atoms with Crippen LogP contribution in [0.15, 0.2) is 60.8 Å². The van der Waals surface area contributed by atoms with Gasteiger partial charge in [0.25, 0.3) is 0 Å². The molecule has 0 spiro atoms. The number of carbonyl (C=O) groups excluding carboxylic acids is 1. The number of methoxy groups -OCH3 is 1. The van der Waals surface area contributed by atoms with Gasteiger partial charge in [0.15, 0.2) is 23.0 Å². The molecule has 0 bridgehead atoms. The number of hydrogen-bond donors (Lipinski definition) is 1. The second-order valence-electron chi connectivity index (χ2n) is 5.82. The van der Waals surface area contributed by atoms with Crippen LogP contribution in [0, 0.1) is 0 Å². The molecule has 1 heterocycles. The lowest BCUT2D eigenvalue weighted by Crippen LogP contribution is -2.07. The van der Waals surface area contributed by atoms with E-state index in [1.807, 2.05) is 0 Å². The van der Waals surface area contributed by atoms with Crippen LogP contribution in [0.1, 0.15) is 21.6 Å². The van der Waals surface area contributed by atoms with Crippen molar-refractivity contribution < 1.29 is 27.8 Å². The summed E-state index contributed by atoms with van der Waals surface area (Å²) in [6.07, 6.45) is -0.327. The number of ether oxygens (including phenoxy) is 1. The number of hydrogen-bond acceptors (Lipinski definition) is 4. The Bertz CT molecular complexity index is 1020. The van der Waals surface area contributed by atoms with Gasteiger partial charge >= 0.3 is 6.18 Å². The molecule has 0 aliphatic carbocycles. The summed E-state index contributed by atoms with van der Waals surface area (Å²) < 4.78 is 44.0. The minimum atomic E-state index is -4.49. The Morgan fingerprint density at radius 3 is 2.46 bits per heavy atom. The molecule has 0 aliphatic heterocycles. The Balaban J connectivity index is 1.73. The summed E-state index contributed by atoms with van der Waals surface area (Å²) in [5, 5.41) is 13.1. The Morgan fingerprint density at radius 2 is 1.86 bits per heavy atom. The fourth-order valence-electron chi connectivity index (χ4n) is 2.46. The minimum absolute atomic E-state index is 0.0640. The predicted molar refractivity (Wildman–Crippen MR) is 96.6 cm³/mol. The Morgan fingerprint density at radius 1 is 1.14 bits per heavy atom. The number of alkyl halides is 3. The van der Waals surface area contributed by atoms with Crippen molar-refractivity contribution in [1.29, 1.82) is 0 Å². The number of aromatic hydroxyl groups is 1. The third kappa shape index (κ3) is 4.22. The summed E-state index contributed by atoms with van der Waals surface area (Å²) in [5.41, 5.74) is 0.526. The first-order chi connectivity index (χ1) is 13.3. The number of allylic oxidation sites excluding steroid dienone is 1. The number of phenolic OH excluding ortho intramolecular Hbond substituents is 1. The van der Waals surface area contributed by atoms with Gasteiger partial charge in [0.1, 0.15) is 0 Å². The third-order valence-corrected chi connectivity index (χ3v) is 3.93. The molecule has 1 aromatic heterocycles. The highest BCUT2D eigenvalue weighted by atomic mass is 19.4. The SMILES string of the molecule is COc1cc(C(=O)C=Cc2ccc(-n3ccc(C(F)(F)F)n3)cc2)ccc1O. The van der Waals surface area contributed by atoms with Crippen LogP contribution in [0.4, 0.5) is 13.2 Å². The van der Waals surface area contributed by atoms with E-state index in [0.29, 0.717) is 16.8 Å². The van der Waals surface area contributed by atoms with E-state index in [9.17, 15) is 23.1 Å². The molecule has 0 atom stereocenters. The summed E-state index contributed by atoms with van der Waals surface area (Å²) in [7, 11) is 1.39. The monoisotopic (exact) mass is 388 g/mol. The zero-order valence-corrected chi connectivity index (χ0v) is 14.6. The second kappa shape index (κ2) is 7.59. The van der Waals surface area contributed by atoms with E-state index in [2.05, 4.69) is 5.10 Å². The van der Waals surface area contributed by atoms with Crippen molar-refractivity contribution in [2.75, 3.05) is 7.11 Å². The summed E-state index contributed by atoms with van der Waals surface area (Å²) in [5.74, 6) is -0.156. The van der Waals surface area contributed by atoms with E-state index >= 15 is 0 Å². The first kappa shape index (κ1) is 19.2. The van der Waals surface area contributed by atoms with E-state index in [0.717, 1.165) is 10.7 Å². The third-order valence-electron chi connectivity index (χ3n) is 3.93. The highest BCUT2D eigenvalue weighted by Crippen LogP contribution is 2.28. The van der Waals surface area contributed by atoms with Gasteiger partial charge in [-0.15, -0.1) is 0 Å². The van der Waals surface area contributed by atoms with Crippen LogP contribution in [0.2, 0.25) is 0 Å². The van der Waals surface area contributed by atoms with Crippen molar-refractivity contribution in [3.8, 4) is 17.2 Å². The maximum absolute atomic E-state index is 12.6. The van der Waals surface area contributed by atoms with Crippen molar-refractivity contribution >= 4 is 11.9 Å². The number of halogens is 3. The van der Waals surface area contributed by atoms with Crippen LogP contribution in [0.25, 0.3) is 11.8 Å². The molecule has 144 valence electrons. The van der Waals surface area contributed by atoms with Gasteiger partial charge in [-0.1, -0.05) is 18.2 Å². The van der Waals surface area contributed by atoms with E-state index in [4.69, 9.17) is 4.74 Å². The van der Waals surface area contributed by atoms with Gasteiger partial charge in [-0.05, 0) is 48.0 Å². The average Bonchev–Trinajstić information content (AvgIpc) is 3.17. The topological polar surface area (TPSA) is 64.4 Å². The minimum Gasteiger partial charge on any atom is -0.504 e. The molecule has 0 saturated carbocycles. The molecule has 0 aliphatic rings. The quantitative estimate of drug-likeness (QED) is 0.516. The normalized spacial score (nSPS) is 11.7. The van der Waals surface area contributed by atoms with Crippen molar-refractivity contribution in [2.24, 2.45) is 0 Å². The van der Waals surface area contributed by atoms with Crippen molar-refractivity contribution in [3.05, 3.63) is 77.6 Å². The fraction of sp³-hybridized carbons (Fsp3) is 0.100. The average molecular weight is 388 g/mol. The van der Waals surface area contributed by atoms with Gasteiger partial charge in [-0.3, -0.25) is 4.79 Å². The van der Waals surface area contributed by atoms with Crippen LogP contribution < -0.4 is 4.74 Å². The summed E-state index contributed by atoms with van der Waals surface area (Å²) in [6.45, 7) is 0. The van der Waals surface area contributed by atoms with Crippen LogP contribution in [-0.2, 0) is 6.18 Å². The van der Waals surface area contributed by atoms with Crippen LogP contribution in [0.5, 0.6) is 11.5 Å². The molecule has 0 radical (unpaired) electrons. The van der Waals surface area contributed by atoms with E-state index in [1.54, 1.807) is 30.3 Å². The molecular formula is C20H15F3N2O3. The molecule has 3 rings (SSSR count). The van der Waals surface area contributed by atoms with Gasteiger partial charge in [0.05, 0.1) is 12.8 Å². The molecule has 0 fully saturated rings. The van der Waals surface area contributed by atoms with Crippen molar-refractivity contribution in [1.82, 2.24) is 9.78 Å². The maximum Gasteiger partial charge on any atom is 0.435 e. The van der Waals surface area contributed by atoms with Crippen LogP contribution >= 0.6 is 0 Å². The van der Waals surface area contributed by atoms with Gasteiger partial charge in [-0.2, -0.15) is 18.3 Å². The number of carbonyl (C=O) groups is 1. The molecule has 28 heavy (non-hydrogen) atoms. The van der Waals surface area contributed by atoms with Gasteiger partial charge in [-0.25, -0.2) is 4.68 Å². The predicted octanol–water partition coefficient (Wildman–Crippen LogP) is 4.50. The molecule has 3 aromatic rings. The molecular weight excluding hydrogens is 373 g/mol. The molecule has 0 saturated heterocycles. The van der Waals surface area contributed by atoms with E-state index in [1.165, 1.54) is 37.6 Å². The summed E-state index contributed by atoms with van der Waals surface area (Å²) in [4.78, 5) is 12.2. The van der Waals surface area contributed by atoms with E-state index < -0.39 is 11.9 Å². The summed E-state index contributed by atoms with van der Waals surface area (Å²) >= 11 is 0. The molecule has 0 amide bonds. The van der Waals surface area contributed by atoms with Gasteiger partial charge < -0.3 is 9.84 Å². The smallest absolute Gasteiger partial charge is 0.435 e. The fourth-order valence-corrected chi connectivity index (χ4v) is 2.46. The zero-order chi connectivity index (χ0) is 20.3. The highest BCUT2D eigenvalue weighted by molar-refractivity contribution is 6.07. The lowest BCUT2D eigenvalue weighted by Gasteiger charge is -2.04. The van der Waals surface area contributed by atoms with Gasteiger partial charge in [0, 0.05) is 11.8 Å². The molecule has 5 nitrogen and oxygen atoms in total. The first-order valence-corrected chi connectivity index (χ1v) is 8.10. The molecule has 0 unspecified atom stereocenters. The Kier molecular flexibility index (Phi) is 5.21. The summed E-state index contributed by atoms with van der Waals surface area (Å²) in [6, 6.07) is 11.7. The van der Waals surface area contributed by atoms with Crippen molar-refractivity contribution in [3.63, 3.8) is 0 Å². The van der Waals surface area contributed by atoms with Crippen LogP contribution in [-0.4, -0.2) is 27.8 Å². The molecule has 8 heteroatoms. The number of ketones is 1. The zero-order valence-electron chi connectivity index (χ0n) is 14.6. The van der Waals surface area contributed by atoms with Gasteiger partial charge in [0.2, 0.25) is 0 Å². The molecule has 1 N–H and O–H groups in total. The first-order valence-electron chi connectivity index (χ1n) is 8.10.